The molecule has 0 radical (unpaired) electrons. The standard InChI is InChI=1S/C14H20N2O2/c1-10(11-5-3-2-4-6-11)15-13-9-14(18)16-12(13)7-8-17/h2-6,10,12-13,15,17H,7-9H2,1H3,(H,16,18)/t10-,12+,13?/m0/s1. The van der Waals surface area contributed by atoms with Crippen LogP contribution in [0.4, 0.5) is 0 Å². The molecule has 0 saturated carbocycles. The van der Waals surface area contributed by atoms with Crippen LogP contribution in [0.25, 0.3) is 0 Å². The van der Waals surface area contributed by atoms with Gasteiger partial charge in [-0.3, -0.25) is 4.79 Å². The van der Waals surface area contributed by atoms with Crippen molar-refractivity contribution in [3.63, 3.8) is 0 Å². The molecule has 98 valence electrons. The number of carbonyl (C=O) groups excluding carboxylic acids is 1. The lowest BCUT2D eigenvalue weighted by molar-refractivity contribution is -0.119. The second-order valence-electron chi connectivity index (χ2n) is 4.80. The molecule has 0 aliphatic carbocycles. The summed E-state index contributed by atoms with van der Waals surface area (Å²) in [6, 6.07) is 10.5. The summed E-state index contributed by atoms with van der Waals surface area (Å²) < 4.78 is 0. The number of nitrogens with one attached hydrogen (secondary N) is 2. The van der Waals surface area contributed by atoms with Gasteiger partial charge in [0.25, 0.3) is 0 Å². The number of rotatable bonds is 5. The maximum atomic E-state index is 11.4. The van der Waals surface area contributed by atoms with Crippen LogP contribution in [0.2, 0.25) is 0 Å². The average molecular weight is 248 g/mol. The quantitative estimate of drug-likeness (QED) is 0.728. The molecule has 1 aromatic rings. The molecule has 4 heteroatoms. The summed E-state index contributed by atoms with van der Waals surface area (Å²) in [5.41, 5.74) is 1.21. The number of carbonyl (C=O) groups is 1. The third kappa shape index (κ3) is 3.09. The molecule has 1 heterocycles. The van der Waals surface area contributed by atoms with Crippen molar-refractivity contribution in [2.75, 3.05) is 6.61 Å². The average Bonchev–Trinajstić information content (AvgIpc) is 2.71. The van der Waals surface area contributed by atoms with Gasteiger partial charge in [-0.25, -0.2) is 0 Å². The van der Waals surface area contributed by atoms with Crippen molar-refractivity contribution in [3.8, 4) is 0 Å². The predicted molar refractivity (Wildman–Crippen MR) is 70.0 cm³/mol. The molecule has 1 aliphatic rings. The largest absolute Gasteiger partial charge is 0.396 e. The molecule has 1 aromatic carbocycles. The van der Waals surface area contributed by atoms with Crippen LogP contribution in [-0.4, -0.2) is 29.7 Å². The van der Waals surface area contributed by atoms with Gasteiger partial charge in [-0.05, 0) is 18.9 Å². The number of aliphatic hydroxyl groups is 1. The molecule has 3 atom stereocenters. The molecular weight excluding hydrogens is 228 g/mol. The van der Waals surface area contributed by atoms with E-state index in [0.29, 0.717) is 12.8 Å². The van der Waals surface area contributed by atoms with E-state index < -0.39 is 0 Å². The van der Waals surface area contributed by atoms with Crippen LogP contribution in [0.1, 0.15) is 31.4 Å². The van der Waals surface area contributed by atoms with Crippen molar-refractivity contribution in [2.45, 2.75) is 37.9 Å². The van der Waals surface area contributed by atoms with E-state index >= 15 is 0 Å². The molecule has 3 N–H and O–H groups in total. The maximum Gasteiger partial charge on any atom is 0.221 e. The number of amides is 1. The molecule has 0 aromatic heterocycles. The summed E-state index contributed by atoms with van der Waals surface area (Å²) in [6.07, 6.45) is 1.09. The zero-order valence-electron chi connectivity index (χ0n) is 10.6. The molecule has 1 aliphatic heterocycles. The van der Waals surface area contributed by atoms with E-state index in [9.17, 15) is 4.79 Å². The molecule has 1 fully saturated rings. The fourth-order valence-corrected chi connectivity index (χ4v) is 2.45. The topological polar surface area (TPSA) is 61.4 Å². The van der Waals surface area contributed by atoms with Crippen molar-refractivity contribution in [2.24, 2.45) is 0 Å². The molecule has 1 saturated heterocycles. The monoisotopic (exact) mass is 248 g/mol. The highest BCUT2D eigenvalue weighted by molar-refractivity contribution is 5.79. The Morgan fingerprint density at radius 3 is 2.83 bits per heavy atom. The van der Waals surface area contributed by atoms with Crippen molar-refractivity contribution in [1.29, 1.82) is 0 Å². The second-order valence-corrected chi connectivity index (χ2v) is 4.80. The summed E-state index contributed by atoms with van der Waals surface area (Å²) in [4.78, 5) is 11.4. The Hall–Kier alpha value is -1.39. The zero-order valence-corrected chi connectivity index (χ0v) is 10.6. The van der Waals surface area contributed by atoms with Crippen molar-refractivity contribution < 1.29 is 9.90 Å². The summed E-state index contributed by atoms with van der Waals surface area (Å²) in [7, 11) is 0. The molecule has 0 bridgehead atoms. The Labute approximate surface area is 107 Å². The minimum Gasteiger partial charge on any atom is -0.396 e. The van der Waals surface area contributed by atoms with Crippen LogP contribution in [0.3, 0.4) is 0 Å². The van der Waals surface area contributed by atoms with Gasteiger partial charge in [0.05, 0.1) is 0 Å². The first-order valence-electron chi connectivity index (χ1n) is 6.42. The van der Waals surface area contributed by atoms with E-state index in [1.165, 1.54) is 5.56 Å². The van der Waals surface area contributed by atoms with Gasteiger partial charge >= 0.3 is 0 Å². The molecule has 1 amide bonds. The fraction of sp³-hybridized carbons (Fsp3) is 0.500. The minimum atomic E-state index is 0.0358. The van der Waals surface area contributed by atoms with E-state index in [-0.39, 0.29) is 30.6 Å². The number of benzene rings is 1. The highest BCUT2D eigenvalue weighted by Gasteiger charge is 2.32. The van der Waals surface area contributed by atoms with Gasteiger partial charge in [0.15, 0.2) is 0 Å². The van der Waals surface area contributed by atoms with Gasteiger partial charge in [-0.15, -0.1) is 0 Å². The van der Waals surface area contributed by atoms with Crippen LogP contribution >= 0.6 is 0 Å². The van der Waals surface area contributed by atoms with Crippen LogP contribution in [0, 0.1) is 0 Å². The Kier molecular flexibility index (Phi) is 4.33. The second kappa shape index (κ2) is 5.98. The van der Waals surface area contributed by atoms with Gasteiger partial charge in [-0.2, -0.15) is 0 Å². The van der Waals surface area contributed by atoms with Crippen molar-refractivity contribution >= 4 is 5.91 Å². The van der Waals surface area contributed by atoms with Crippen molar-refractivity contribution in [1.82, 2.24) is 10.6 Å². The summed E-state index contributed by atoms with van der Waals surface area (Å²) in [5, 5.41) is 15.4. The highest BCUT2D eigenvalue weighted by atomic mass is 16.3. The maximum absolute atomic E-state index is 11.4. The van der Waals surface area contributed by atoms with E-state index in [2.05, 4.69) is 29.7 Å². The molecular formula is C14H20N2O2. The third-order valence-electron chi connectivity index (χ3n) is 3.44. The summed E-state index contributed by atoms with van der Waals surface area (Å²) in [5.74, 6) is 0.0613. The van der Waals surface area contributed by atoms with Gasteiger partial charge in [0, 0.05) is 31.2 Å². The Bertz CT molecular complexity index is 394. The first-order chi connectivity index (χ1) is 8.70. The summed E-state index contributed by atoms with van der Waals surface area (Å²) in [6.45, 7) is 2.19. The molecule has 0 spiro atoms. The first kappa shape index (κ1) is 13.1. The Morgan fingerprint density at radius 2 is 2.17 bits per heavy atom. The van der Waals surface area contributed by atoms with Crippen LogP contribution in [-0.2, 0) is 4.79 Å². The van der Waals surface area contributed by atoms with Gasteiger partial charge in [-0.1, -0.05) is 30.3 Å². The Balaban J connectivity index is 1.97. The van der Waals surface area contributed by atoms with E-state index in [4.69, 9.17) is 5.11 Å². The molecule has 4 nitrogen and oxygen atoms in total. The lowest BCUT2D eigenvalue weighted by Gasteiger charge is -2.24. The first-order valence-corrected chi connectivity index (χ1v) is 6.42. The number of hydrogen-bond donors (Lipinski definition) is 3. The van der Waals surface area contributed by atoms with Crippen LogP contribution < -0.4 is 10.6 Å². The van der Waals surface area contributed by atoms with E-state index in [0.717, 1.165) is 0 Å². The van der Waals surface area contributed by atoms with Gasteiger partial charge < -0.3 is 15.7 Å². The predicted octanol–water partition coefficient (Wildman–Crippen LogP) is 0.977. The number of hydrogen-bond acceptors (Lipinski definition) is 3. The van der Waals surface area contributed by atoms with Gasteiger partial charge in [0.1, 0.15) is 0 Å². The number of aliphatic hydroxyl groups excluding tert-OH is 1. The molecule has 18 heavy (non-hydrogen) atoms. The smallest absolute Gasteiger partial charge is 0.221 e. The minimum absolute atomic E-state index is 0.0358. The van der Waals surface area contributed by atoms with Crippen LogP contribution in [0.5, 0.6) is 0 Å². The SMILES string of the molecule is C[C@H](NC1CC(=O)N[C@@H]1CCO)c1ccccc1. The lowest BCUT2D eigenvalue weighted by Crippen LogP contribution is -2.42. The molecule has 1 unspecified atom stereocenters. The van der Waals surface area contributed by atoms with E-state index in [1.54, 1.807) is 0 Å². The fourth-order valence-electron chi connectivity index (χ4n) is 2.45. The molecule has 2 rings (SSSR count). The van der Waals surface area contributed by atoms with Crippen LogP contribution in [0.15, 0.2) is 30.3 Å². The Morgan fingerprint density at radius 1 is 1.44 bits per heavy atom. The van der Waals surface area contributed by atoms with E-state index in [1.807, 2.05) is 18.2 Å². The lowest BCUT2D eigenvalue weighted by atomic mass is 10.0. The third-order valence-corrected chi connectivity index (χ3v) is 3.44. The normalized spacial score (nSPS) is 24.9. The van der Waals surface area contributed by atoms with Crippen molar-refractivity contribution in [3.05, 3.63) is 35.9 Å². The van der Waals surface area contributed by atoms with Gasteiger partial charge in [0.2, 0.25) is 5.91 Å². The highest BCUT2D eigenvalue weighted by Crippen LogP contribution is 2.18. The summed E-state index contributed by atoms with van der Waals surface area (Å²) >= 11 is 0. The zero-order chi connectivity index (χ0) is 13.0.